The van der Waals surface area contributed by atoms with Gasteiger partial charge in [0, 0.05) is 11.1 Å². The van der Waals surface area contributed by atoms with Crippen molar-refractivity contribution in [1.29, 1.82) is 0 Å². The fourth-order valence-corrected chi connectivity index (χ4v) is 3.58. The summed E-state index contributed by atoms with van der Waals surface area (Å²) in [5, 5.41) is 14.1. The molecule has 0 atom stereocenters. The Morgan fingerprint density at radius 1 is 1.00 bits per heavy atom. The molecule has 0 saturated heterocycles. The van der Waals surface area contributed by atoms with E-state index in [1.807, 2.05) is 36.4 Å². The number of nitrogens with zero attached hydrogens (tertiary/aromatic N) is 2. The third-order valence-corrected chi connectivity index (χ3v) is 4.91. The fraction of sp³-hybridized carbons (Fsp3) is 0. The predicted octanol–water partition coefficient (Wildman–Crippen LogP) is 5.23. The minimum Gasteiger partial charge on any atom is -0.400 e. The van der Waals surface area contributed by atoms with Crippen LogP contribution in [0.15, 0.2) is 77.2 Å². The van der Waals surface area contributed by atoms with Crippen molar-refractivity contribution in [2.45, 2.75) is 0 Å². The van der Waals surface area contributed by atoms with E-state index in [4.69, 9.17) is 4.42 Å². The summed E-state index contributed by atoms with van der Waals surface area (Å²) in [6, 6.07) is 21.0. The summed E-state index contributed by atoms with van der Waals surface area (Å²) in [5.74, 6) is -0.313. The first-order chi connectivity index (χ1) is 13.6. The van der Waals surface area contributed by atoms with E-state index < -0.39 is 4.92 Å². The molecular formula is C20H13N3O4S. The lowest BCUT2D eigenvalue weighted by atomic mass is 10.1. The van der Waals surface area contributed by atoms with Crippen LogP contribution in [0.2, 0.25) is 0 Å². The minimum atomic E-state index is -0.592. The molecule has 1 N–H and O–H groups in total. The highest BCUT2D eigenvalue weighted by Crippen LogP contribution is 2.40. The summed E-state index contributed by atoms with van der Waals surface area (Å²) < 4.78 is 5.35. The molecule has 0 aliphatic rings. The van der Waals surface area contributed by atoms with Crippen molar-refractivity contribution in [3.63, 3.8) is 0 Å². The maximum absolute atomic E-state index is 12.4. The number of nitrogens with one attached hydrogen (secondary N) is 1. The van der Waals surface area contributed by atoms with Gasteiger partial charge in [0.05, 0.1) is 16.6 Å². The molecule has 0 saturated carbocycles. The lowest BCUT2D eigenvalue weighted by Crippen LogP contribution is -2.11. The third-order valence-electron chi connectivity index (χ3n) is 3.93. The van der Waals surface area contributed by atoms with Crippen LogP contribution in [0.25, 0.3) is 21.9 Å². The van der Waals surface area contributed by atoms with Gasteiger partial charge in [-0.25, -0.2) is 4.98 Å². The van der Waals surface area contributed by atoms with Crippen molar-refractivity contribution in [2.24, 2.45) is 0 Å². The molecule has 28 heavy (non-hydrogen) atoms. The number of furan rings is 1. The van der Waals surface area contributed by atoms with Gasteiger partial charge < -0.3 is 4.42 Å². The molecule has 138 valence electrons. The van der Waals surface area contributed by atoms with Crippen LogP contribution in [0, 0.1) is 10.1 Å². The first-order valence-electron chi connectivity index (χ1n) is 8.29. The van der Waals surface area contributed by atoms with Crippen LogP contribution in [0.5, 0.6) is 0 Å². The predicted molar refractivity (Wildman–Crippen MR) is 106 cm³/mol. The van der Waals surface area contributed by atoms with Crippen molar-refractivity contribution >= 4 is 28.3 Å². The van der Waals surface area contributed by atoms with E-state index in [1.54, 1.807) is 24.3 Å². The number of nitro groups is 1. The molecule has 0 spiro atoms. The molecule has 4 aromatic rings. The highest BCUT2D eigenvalue weighted by Gasteiger charge is 2.21. The molecule has 2 heterocycles. The highest BCUT2D eigenvalue weighted by atomic mass is 32.1. The summed E-state index contributed by atoms with van der Waals surface area (Å²) in [6.45, 7) is 0. The van der Waals surface area contributed by atoms with Gasteiger partial charge in [-0.15, -0.1) is 0 Å². The molecule has 4 rings (SSSR count). The van der Waals surface area contributed by atoms with Crippen molar-refractivity contribution in [1.82, 2.24) is 4.98 Å². The zero-order chi connectivity index (χ0) is 19.5. The number of hydrogen-bond acceptors (Lipinski definition) is 6. The smallest absolute Gasteiger partial charge is 0.400 e. The molecule has 7 nitrogen and oxygen atoms in total. The van der Waals surface area contributed by atoms with Crippen LogP contribution in [-0.2, 0) is 0 Å². The molecule has 2 aromatic carbocycles. The van der Waals surface area contributed by atoms with Crippen LogP contribution in [0.4, 0.5) is 11.0 Å². The number of carbonyl (C=O) groups excluding carboxylic acids is 1. The van der Waals surface area contributed by atoms with Gasteiger partial charge >= 0.3 is 5.88 Å². The van der Waals surface area contributed by atoms with Gasteiger partial charge in [0.15, 0.2) is 10.9 Å². The number of benzene rings is 2. The lowest BCUT2D eigenvalue weighted by molar-refractivity contribution is -0.401. The Morgan fingerprint density at radius 2 is 1.68 bits per heavy atom. The molecule has 0 bridgehead atoms. The first-order valence-corrected chi connectivity index (χ1v) is 9.11. The molecular weight excluding hydrogens is 378 g/mol. The van der Waals surface area contributed by atoms with Crippen LogP contribution in [0.1, 0.15) is 10.4 Å². The van der Waals surface area contributed by atoms with Gasteiger partial charge in [0.1, 0.15) is 4.92 Å². The Morgan fingerprint density at radius 3 is 2.32 bits per heavy atom. The number of amides is 1. The van der Waals surface area contributed by atoms with E-state index in [1.165, 1.54) is 23.5 Å². The van der Waals surface area contributed by atoms with E-state index in [2.05, 4.69) is 10.3 Å². The Hall–Kier alpha value is -3.78. The number of aromatic nitrogens is 1. The zero-order valence-electron chi connectivity index (χ0n) is 14.4. The highest BCUT2D eigenvalue weighted by molar-refractivity contribution is 7.19. The van der Waals surface area contributed by atoms with Gasteiger partial charge in [-0.2, -0.15) is 0 Å². The molecule has 0 fully saturated rings. The normalized spacial score (nSPS) is 10.6. The number of rotatable bonds is 5. The SMILES string of the molecule is O=C(Nc1nc(-c2ccccc2)c(-c2ccc([N+](=O)[O-])o2)s1)c1ccccc1. The Bertz CT molecular complexity index is 1140. The number of thiazole rings is 1. The quantitative estimate of drug-likeness (QED) is 0.371. The average molecular weight is 391 g/mol. The van der Waals surface area contributed by atoms with E-state index >= 15 is 0 Å². The van der Waals surface area contributed by atoms with E-state index in [9.17, 15) is 14.9 Å². The van der Waals surface area contributed by atoms with Crippen LogP contribution in [0.3, 0.4) is 0 Å². The minimum absolute atomic E-state index is 0.286. The summed E-state index contributed by atoms with van der Waals surface area (Å²) in [4.78, 5) is 27.9. The summed E-state index contributed by atoms with van der Waals surface area (Å²) >= 11 is 1.20. The Labute approximate surface area is 163 Å². The molecule has 0 unspecified atom stereocenters. The van der Waals surface area contributed by atoms with Gasteiger partial charge in [-0.3, -0.25) is 20.2 Å². The second kappa shape index (κ2) is 7.45. The van der Waals surface area contributed by atoms with Crippen molar-refractivity contribution in [3.05, 3.63) is 88.5 Å². The Balaban J connectivity index is 1.74. The maximum atomic E-state index is 12.4. The monoisotopic (exact) mass is 391 g/mol. The molecule has 1 amide bonds. The fourth-order valence-electron chi connectivity index (χ4n) is 2.64. The van der Waals surface area contributed by atoms with E-state index in [0.717, 1.165) is 5.56 Å². The molecule has 0 aliphatic carbocycles. The number of anilines is 1. The summed E-state index contributed by atoms with van der Waals surface area (Å²) in [6.07, 6.45) is 0. The summed E-state index contributed by atoms with van der Waals surface area (Å²) in [7, 11) is 0. The third kappa shape index (κ3) is 3.53. The second-order valence-corrected chi connectivity index (χ2v) is 6.78. The first kappa shape index (κ1) is 17.6. The van der Waals surface area contributed by atoms with Gasteiger partial charge in [0.25, 0.3) is 5.91 Å². The standard InChI is InChI=1S/C20H13N3O4S/c24-19(14-9-5-2-6-10-14)22-20-21-17(13-7-3-1-4-8-13)18(28-20)15-11-12-16(27-15)23(25)26/h1-12H,(H,21,22,24). The number of hydrogen-bond donors (Lipinski definition) is 1. The lowest BCUT2D eigenvalue weighted by Gasteiger charge is -2.00. The number of carbonyl (C=O) groups is 1. The van der Waals surface area contributed by atoms with Crippen molar-refractivity contribution in [2.75, 3.05) is 5.32 Å². The van der Waals surface area contributed by atoms with Gasteiger partial charge in [-0.05, 0) is 18.2 Å². The molecule has 0 aliphatic heterocycles. The molecule has 8 heteroatoms. The zero-order valence-corrected chi connectivity index (χ0v) is 15.2. The molecule has 2 aromatic heterocycles. The van der Waals surface area contributed by atoms with Crippen molar-refractivity contribution < 1.29 is 14.1 Å². The van der Waals surface area contributed by atoms with E-state index in [-0.39, 0.29) is 11.8 Å². The van der Waals surface area contributed by atoms with Crippen LogP contribution >= 0.6 is 11.3 Å². The van der Waals surface area contributed by atoms with Crippen LogP contribution in [-0.4, -0.2) is 15.8 Å². The topological polar surface area (TPSA) is 98.3 Å². The average Bonchev–Trinajstić information content (AvgIpc) is 3.36. The maximum Gasteiger partial charge on any atom is 0.433 e. The second-order valence-electron chi connectivity index (χ2n) is 5.78. The van der Waals surface area contributed by atoms with Gasteiger partial charge in [-0.1, -0.05) is 59.9 Å². The van der Waals surface area contributed by atoms with Crippen LogP contribution < -0.4 is 5.32 Å². The van der Waals surface area contributed by atoms with Crippen molar-refractivity contribution in [3.8, 4) is 21.9 Å². The summed E-state index contributed by atoms with van der Waals surface area (Å²) in [5.41, 5.74) is 1.90. The van der Waals surface area contributed by atoms with Gasteiger partial charge in [0.2, 0.25) is 0 Å². The van der Waals surface area contributed by atoms with E-state index in [0.29, 0.717) is 27.0 Å². The largest absolute Gasteiger partial charge is 0.433 e. The Kier molecular flexibility index (Phi) is 4.69. The molecule has 0 radical (unpaired) electrons.